The topological polar surface area (TPSA) is 246 Å². The number of carbonyl (C=O) groups excluding carboxylic acids is 4. The summed E-state index contributed by atoms with van der Waals surface area (Å²) in [6, 6.07) is 0. The van der Waals surface area contributed by atoms with Gasteiger partial charge >= 0.3 is 40.9 Å². The molecule has 4 aliphatic carbocycles. The number of carbonyl (C=O) groups is 4. The van der Waals surface area contributed by atoms with Crippen LogP contribution in [-0.4, -0.2) is 101 Å². The van der Waals surface area contributed by atoms with E-state index in [0.29, 0.717) is 36.5 Å². The van der Waals surface area contributed by atoms with Crippen LogP contribution in [0.1, 0.15) is 499 Å². The maximum Gasteiger partial charge on any atom is 2.00 e. The van der Waals surface area contributed by atoms with E-state index in [1.165, 1.54) is 289 Å². The van der Waals surface area contributed by atoms with Gasteiger partial charge in [0.25, 0.3) is 0 Å². The first kappa shape index (κ1) is 121. The summed E-state index contributed by atoms with van der Waals surface area (Å²) in [7, 11) is -5.17. The zero-order valence-corrected chi connectivity index (χ0v) is 83.7. The zero-order chi connectivity index (χ0) is 90.6. The fourth-order valence-electron chi connectivity index (χ4n) is 19.9. The van der Waals surface area contributed by atoms with Gasteiger partial charge in [0.2, 0.25) is 0 Å². The van der Waals surface area contributed by atoms with Crippen LogP contribution in [-0.2, 0) is 65.6 Å². The average molecular weight is 1810 g/mol. The quantitative estimate of drug-likeness (QED) is 0.00975. The van der Waals surface area contributed by atoms with Gasteiger partial charge in [-0.05, 0) is 238 Å². The summed E-state index contributed by atoms with van der Waals surface area (Å²) in [6.45, 7) is 23.5. The van der Waals surface area contributed by atoms with Crippen molar-refractivity contribution in [3.8, 4) is 0 Å². The Balaban J connectivity index is 0.00000180. The van der Waals surface area contributed by atoms with Gasteiger partial charge in [0.15, 0.2) is 6.10 Å². The molecule has 3 N–H and O–H groups in total. The molecule has 4 rings (SSSR count). The first-order chi connectivity index (χ1) is 59.4. The molecule has 0 amide bonds. The van der Waals surface area contributed by atoms with Gasteiger partial charge in [0.05, 0.1) is 12.7 Å². The third-order valence-electron chi connectivity index (χ3n) is 27.7. The molecule has 17 heteroatoms. The van der Waals surface area contributed by atoms with E-state index < -0.39 is 22.6 Å². The number of esters is 4. The van der Waals surface area contributed by atoms with E-state index >= 15 is 0 Å². The predicted octanol–water partition coefficient (Wildman–Crippen LogP) is 29.7. The molecular weight excluding hydrogens is 1610 g/mol. The number of hydrogen-bond acceptors (Lipinski definition) is 15. The Morgan fingerprint density at radius 2 is 0.766 bits per heavy atom. The molecule has 3 fully saturated rings. The molecule has 0 aliphatic heterocycles. The molecule has 0 aromatic rings. The Bertz CT molecular complexity index is 2720. The molecule has 0 bridgehead atoms. The van der Waals surface area contributed by atoms with Crippen LogP contribution in [0.4, 0.5) is 0 Å². The minimum absolute atomic E-state index is 0. The Kier molecular flexibility index (Phi) is 79.7. The number of ether oxygens (including phenoxy) is 4. The van der Waals surface area contributed by atoms with Crippen LogP contribution in [0.25, 0.3) is 0 Å². The van der Waals surface area contributed by atoms with E-state index in [1.807, 2.05) is 0 Å². The summed E-state index contributed by atoms with van der Waals surface area (Å²) in [6.07, 6.45) is 98.8. The minimum atomic E-state index is -5.17. The Morgan fingerprint density at radius 3 is 1.10 bits per heavy atom. The Hall–Kier alpha value is -3.15. The van der Waals surface area contributed by atoms with Gasteiger partial charge in [0.1, 0.15) is 25.9 Å². The van der Waals surface area contributed by atoms with E-state index in [0.717, 1.165) is 157 Å². The SMILES string of the molecule is CCCCCCCC/C=C\CCCCCCCC(=O)OCC(CO)OC(=O)CCCCCCC/C=C\CCCCCCCC.CCCCCCCC/C=C\CCCCCCCC(=O)OCC(O)COC(=O)CCCCCCC/C=C\CCCCCCCC.CC[C@H](CC[C@@H](C)[C@H]1CC[C@H]2[C@@H]3CC=C4C[C@@H](O)CC[C@]4(C)[C@H]3CC[C@]12C)C(C)C.O=S(=O)([O-])[O-].[Mn+2]. The number of unbranched alkanes of at least 4 members (excludes halogenated alkanes) is 44. The van der Waals surface area contributed by atoms with Crippen LogP contribution in [0.15, 0.2) is 60.3 Å². The second-order valence-electron chi connectivity index (χ2n) is 38.6. The third-order valence-corrected chi connectivity index (χ3v) is 27.7. The molecule has 4 aliphatic rings. The molecule has 1 unspecified atom stereocenters. The van der Waals surface area contributed by atoms with Gasteiger partial charge in [-0.3, -0.25) is 27.6 Å². The van der Waals surface area contributed by atoms with Crippen molar-refractivity contribution < 1.29 is 88.0 Å². The number of rotatable bonds is 74. The standard InChI is InChI=1S/2C39H72O5.C29H50O.Mn.H2O4S/c1-3-5-7-9-11-13-15-17-19-21-23-25-27-29-31-33-38(41)43-35-37(40)36-44-39(42)34-32-30-28-26-24-22-20-18-16-14-12-10-8-6-4-2;1-3-5-7-9-11-13-15-17-19-21-23-25-27-29-31-33-38(41)43-36-37(35-40)44-39(42)34-32-30-28-26-24-22-20-18-16-14-12-10-8-6-4-2;1-7-21(19(2)3)9-8-20(4)25-12-13-26-24-11-10-22-18-23(30)14-16-28(22,5)27(24)15-17-29(25,26)6;;1-5(2,3)4/h2*17-20,37,40H,3-16,21-36H2,1-2H3;10,19-21,23-27,30H,7-9,11-18H2,1-6H3;;(H2,1,2,3,4)/q;;;+2;/p-2/b2*19-17-,20-18-;;;/t;;20-,21-,23+,24+,25-,26+,27+,28+,29-;;/m..1../s1. The molecule has 0 saturated heterocycles. The molecule has 3 saturated carbocycles. The molecule has 0 heterocycles. The molecule has 725 valence electrons. The van der Waals surface area contributed by atoms with Crippen molar-refractivity contribution >= 4 is 34.3 Å². The second-order valence-corrected chi connectivity index (χ2v) is 39.4. The predicted molar refractivity (Wildman–Crippen MR) is 512 cm³/mol. The maximum absolute atomic E-state index is 12.1. The Labute approximate surface area is 774 Å². The molecule has 124 heavy (non-hydrogen) atoms. The molecule has 0 aromatic carbocycles. The molecule has 0 aromatic heterocycles. The number of aliphatic hydroxyl groups is 3. The number of allylic oxidation sites excluding steroid dienone is 9. The van der Waals surface area contributed by atoms with Gasteiger partial charge < -0.3 is 43.4 Å². The van der Waals surface area contributed by atoms with E-state index in [1.54, 1.807) is 5.57 Å². The zero-order valence-electron chi connectivity index (χ0n) is 81.7. The summed E-state index contributed by atoms with van der Waals surface area (Å²) < 4.78 is 55.0. The molecule has 1 radical (unpaired) electrons. The van der Waals surface area contributed by atoms with Crippen LogP contribution in [0.2, 0.25) is 0 Å². The normalized spacial score (nSPS) is 20.0. The summed E-state index contributed by atoms with van der Waals surface area (Å²) in [5.41, 5.74) is 2.59. The van der Waals surface area contributed by atoms with E-state index in [9.17, 15) is 34.5 Å². The molecule has 15 nitrogen and oxygen atoms in total. The number of fused-ring (bicyclic) bond motifs is 5. The van der Waals surface area contributed by atoms with E-state index in [-0.39, 0.29) is 73.5 Å². The largest absolute Gasteiger partial charge is 2.00 e. The fourth-order valence-corrected chi connectivity index (χ4v) is 19.9. The van der Waals surface area contributed by atoms with Crippen molar-refractivity contribution in [2.24, 2.45) is 52.3 Å². The average Bonchev–Trinajstić information content (AvgIpc) is 1.39. The monoisotopic (exact) mass is 1810 g/mol. The van der Waals surface area contributed by atoms with E-state index in [4.69, 9.17) is 36.5 Å². The van der Waals surface area contributed by atoms with Gasteiger partial charge in [-0.1, -0.05) is 348 Å². The van der Waals surface area contributed by atoms with Crippen molar-refractivity contribution in [2.45, 2.75) is 518 Å². The molecule has 0 spiro atoms. The van der Waals surface area contributed by atoms with Crippen LogP contribution < -0.4 is 0 Å². The maximum atomic E-state index is 12.1. The van der Waals surface area contributed by atoms with Crippen molar-refractivity contribution in [3.63, 3.8) is 0 Å². The van der Waals surface area contributed by atoms with E-state index in [2.05, 4.69) is 124 Å². The van der Waals surface area contributed by atoms with Gasteiger partial charge in [0, 0.05) is 36.1 Å². The van der Waals surface area contributed by atoms with Crippen LogP contribution in [0, 0.1) is 52.3 Å². The van der Waals surface area contributed by atoms with Crippen molar-refractivity contribution in [1.29, 1.82) is 0 Å². The molecular formula is C107H194MnO15S. The van der Waals surface area contributed by atoms with Crippen LogP contribution in [0.3, 0.4) is 0 Å². The number of aliphatic hydroxyl groups excluding tert-OH is 3. The van der Waals surface area contributed by atoms with Gasteiger partial charge in [-0.25, -0.2) is 0 Å². The Morgan fingerprint density at radius 1 is 0.444 bits per heavy atom. The third kappa shape index (κ3) is 65.4. The summed E-state index contributed by atoms with van der Waals surface area (Å²) in [5.74, 6) is 5.12. The van der Waals surface area contributed by atoms with Crippen molar-refractivity contribution in [1.82, 2.24) is 0 Å². The first-order valence-electron chi connectivity index (χ1n) is 52.0. The van der Waals surface area contributed by atoms with Crippen molar-refractivity contribution in [3.05, 3.63) is 60.3 Å². The van der Waals surface area contributed by atoms with Crippen LogP contribution >= 0.6 is 0 Å². The van der Waals surface area contributed by atoms with Gasteiger partial charge in [-0.2, -0.15) is 0 Å². The smallest absolute Gasteiger partial charge is 0.759 e. The van der Waals surface area contributed by atoms with Gasteiger partial charge in [-0.15, -0.1) is 0 Å². The van der Waals surface area contributed by atoms with Crippen LogP contribution in [0.5, 0.6) is 0 Å². The molecule has 10 atom stereocenters. The fraction of sp³-hybridized carbons (Fsp3) is 0.869. The first-order valence-corrected chi connectivity index (χ1v) is 53.4. The second kappa shape index (κ2) is 81.8. The summed E-state index contributed by atoms with van der Waals surface area (Å²) >= 11 is 0. The summed E-state index contributed by atoms with van der Waals surface area (Å²) in [5, 5.41) is 29.8. The minimum Gasteiger partial charge on any atom is -0.759 e. The number of hydrogen-bond donors (Lipinski definition) is 3. The summed E-state index contributed by atoms with van der Waals surface area (Å²) in [4.78, 5) is 48.1. The van der Waals surface area contributed by atoms with Crippen molar-refractivity contribution in [2.75, 3.05) is 26.4 Å².